The molecule has 7 heteroatoms. The van der Waals surface area contributed by atoms with Gasteiger partial charge in [-0.2, -0.15) is 0 Å². The minimum absolute atomic E-state index is 0.154. The van der Waals surface area contributed by atoms with Crippen LogP contribution in [0.5, 0.6) is 0 Å². The molecule has 0 aliphatic carbocycles. The van der Waals surface area contributed by atoms with E-state index in [2.05, 4.69) is 10.6 Å². The van der Waals surface area contributed by atoms with E-state index in [0.29, 0.717) is 6.42 Å². The van der Waals surface area contributed by atoms with E-state index in [1.165, 1.54) is 0 Å². The van der Waals surface area contributed by atoms with Gasteiger partial charge in [-0.3, -0.25) is 4.79 Å². The fourth-order valence-electron chi connectivity index (χ4n) is 1.49. The fourth-order valence-corrected chi connectivity index (χ4v) is 1.49. The van der Waals surface area contributed by atoms with Gasteiger partial charge < -0.3 is 20.5 Å². The van der Waals surface area contributed by atoms with E-state index in [-0.39, 0.29) is 12.6 Å². The van der Waals surface area contributed by atoms with E-state index < -0.39 is 29.5 Å². The molecule has 0 aromatic heterocycles. The summed E-state index contributed by atoms with van der Waals surface area (Å²) >= 11 is 0. The molecule has 0 heterocycles. The molecule has 2 atom stereocenters. The van der Waals surface area contributed by atoms with Crippen LogP contribution in [0.4, 0.5) is 9.18 Å². The van der Waals surface area contributed by atoms with Crippen molar-refractivity contribution in [2.75, 3.05) is 6.54 Å². The molecule has 2 unspecified atom stereocenters. The zero-order valence-electron chi connectivity index (χ0n) is 13.2. The molecule has 0 saturated carbocycles. The van der Waals surface area contributed by atoms with Crippen molar-refractivity contribution < 1.29 is 23.8 Å². The summed E-state index contributed by atoms with van der Waals surface area (Å²) in [6, 6.07) is -0.351. The van der Waals surface area contributed by atoms with Crippen LogP contribution in [0.15, 0.2) is 11.9 Å². The molecular weight excluding hydrogens is 279 g/mol. The third-order valence-corrected chi connectivity index (χ3v) is 2.22. The first-order valence-corrected chi connectivity index (χ1v) is 6.82. The molecule has 0 fully saturated rings. The molecule has 122 valence electrons. The monoisotopic (exact) mass is 304 g/mol. The Balaban J connectivity index is 4.18. The summed E-state index contributed by atoms with van der Waals surface area (Å²) in [7, 11) is 0. The van der Waals surface area contributed by atoms with E-state index in [9.17, 15) is 14.0 Å². The summed E-state index contributed by atoms with van der Waals surface area (Å²) < 4.78 is 18.4. The third-order valence-electron chi connectivity index (χ3n) is 2.22. The minimum Gasteiger partial charge on any atom is -0.444 e. The number of amides is 2. The molecule has 0 aliphatic rings. The maximum Gasteiger partial charge on any atom is 0.407 e. The van der Waals surface area contributed by atoms with Crippen LogP contribution in [-0.2, 0) is 9.53 Å². The molecular formula is C14H25FN2O4. The minimum atomic E-state index is -0.997. The Morgan fingerprint density at radius 2 is 1.90 bits per heavy atom. The highest BCUT2D eigenvalue weighted by Crippen LogP contribution is 2.06. The van der Waals surface area contributed by atoms with E-state index in [1.54, 1.807) is 34.6 Å². The molecule has 0 aromatic carbocycles. The molecule has 0 aliphatic heterocycles. The molecule has 3 N–H and O–H groups in total. The summed E-state index contributed by atoms with van der Waals surface area (Å²) in [5.41, 5.74) is -0.639. The van der Waals surface area contributed by atoms with Gasteiger partial charge in [-0.15, -0.1) is 0 Å². The average Bonchev–Trinajstić information content (AvgIpc) is 2.24. The van der Waals surface area contributed by atoms with Crippen molar-refractivity contribution in [1.82, 2.24) is 10.6 Å². The Hall–Kier alpha value is -1.63. The third kappa shape index (κ3) is 10.8. The predicted octanol–water partition coefficient (Wildman–Crippen LogP) is 1.64. The van der Waals surface area contributed by atoms with Crippen LogP contribution in [0.3, 0.4) is 0 Å². The SMILES string of the molecule is CC(O)CC(C)NC(=O)/C(F)=C/CNC(=O)OC(C)(C)C. The first-order chi connectivity index (χ1) is 9.51. The Bertz CT molecular complexity index is 389. The summed E-state index contributed by atoms with van der Waals surface area (Å²) in [6.45, 7) is 8.22. The van der Waals surface area contributed by atoms with Crippen LogP contribution in [0, 0.1) is 0 Å². The maximum absolute atomic E-state index is 13.5. The lowest BCUT2D eigenvalue weighted by Crippen LogP contribution is -2.35. The number of hydrogen-bond donors (Lipinski definition) is 3. The van der Waals surface area contributed by atoms with Gasteiger partial charge in [0.1, 0.15) is 5.60 Å². The van der Waals surface area contributed by atoms with Crippen LogP contribution >= 0.6 is 0 Å². The number of ether oxygens (including phenoxy) is 1. The van der Waals surface area contributed by atoms with Crippen molar-refractivity contribution in [3.05, 3.63) is 11.9 Å². The van der Waals surface area contributed by atoms with Crippen molar-refractivity contribution in [2.45, 2.75) is 58.8 Å². The van der Waals surface area contributed by atoms with Gasteiger partial charge in [-0.1, -0.05) is 0 Å². The van der Waals surface area contributed by atoms with Crippen LogP contribution in [0.1, 0.15) is 41.0 Å². The number of hydrogen-bond acceptors (Lipinski definition) is 4. The molecule has 0 rings (SSSR count). The first kappa shape index (κ1) is 19.4. The smallest absolute Gasteiger partial charge is 0.407 e. The number of carbonyl (C=O) groups excluding carboxylic acids is 2. The molecule has 0 aromatic rings. The van der Waals surface area contributed by atoms with E-state index in [1.807, 2.05) is 0 Å². The summed E-state index contributed by atoms with van der Waals surface area (Å²) in [5.74, 6) is -1.88. The predicted molar refractivity (Wildman–Crippen MR) is 77.3 cm³/mol. The Morgan fingerprint density at radius 1 is 1.33 bits per heavy atom. The second-order valence-corrected chi connectivity index (χ2v) is 5.89. The molecule has 0 bridgehead atoms. The Morgan fingerprint density at radius 3 is 2.38 bits per heavy atom. The quantitative estimate of drug-likeness (QED) is 0.651. The van der Waals surface area contributed by atoms with E-state index in [0.717, 1.165) is 6.08 Å². The van der Waals surface area contributed by atoms with Crippen molar-refractivity contribution in [2.24, 2.45) is 0 Å². The summed E-state index contributed by atoms with van der Waals surface area (Å²) in [5, 5.41) is 13.9. The van der Waals surface area contributed by atoms with Gasteiger partial charge in [0.2, 0.25) is 0 Å². The first-order valence-electron chi connectivity index (χ1n) is 6.82. The highest BCUT2D eigenvalue weighted by molar-refractivity contribution is 5.91. The normalized spacial score (nSPS) is 15.1. The summed E-state index contributed by atoms with van der Waals surface area (Å²) in [6.07, 6.45) is 0.0133. The lowest BCUT2D eigenvalue weighted by atomic mass is 10.1. The van der Waals surface area contributed by atoms with Crippen molar-refractivity contribution in [1.29, 1.82) is 0 Å². The number of nitrogens with one attached hydrogen (secondary N) is 2. The topological polar surface area (TPSA) is 87.7 Å². The molecule has 0 spiro atoms. The molecule has 0 radical (unpaired) electrons. The van der Waals surface area contributed by atoms with Crippen LogP contribution < -0.4 is 10.6 Å². The molecule has 2 amide bonds. The lowest BCUT2D eigenvalue weighted by molar-refractivity contribution is -0.119. The molecule has 6 nitrogen and oxygen atoms in total. The second kappa shape index (κ2) is 8.61. The largest absolute Gasteiger partial charge is 0.444 e. The van der Waals surface area contributed by atoms with Gasteiger partial charge in [0.25, 0.3) is 5.91 Å². The van der Waals surface area contributed by atoms with Gasteiger partial charge in [0.15, 0.2) is 5.83 Å². The number of halogens is 1. The zero-order chi connectivity index (χ0) is 16.6. The summed E-state index contributed by atoms with van der Waals surface area (Å²) in [4.78, 5) is 22.8. The maximum atomic E-state index is 13.5. The average molecular weight is 304 g/mol. The molecule has 0 saturated heterocycles. The van der Waals surface area contributed by atoms with Crippen LogP contribution in [0.2, 0.25) is 0 Å². The van der Waals surface area contributed by atoms with Gasteiger partial charge in [0.05, 0.1) is 6.10 Å². The number of rotatable bonds is 6. The molecule has 21 heavy (non-hydrogen) atoms. The standard InChI is InChI=1S/C14H25FN2O4/c1-9(8-10(2)18)17-12(19)11(15)6-7-16-13(20)21-14(3,4)5/h6,9-10,18H,7-8H2,1-5H3,(H,16,20)(H,17,19)/b11-6-. The number of aliphatic hydroxyl groups is 1. The van der Waals surface area contributed by atoms with Crippen molar-refractivity contribution in [3.63, 3.8) is 0 Å². The van der Waals surface area contributed by atoms with Gasteiger partial charge in [-0.05, 0) is 47.1 Å². The van der Waals surface area contributed by atoms with Crippen LogP contribution in [0.25, 0.3) is 0 Å². The fraction of sp³-hybridized carbons (Fsp3) is 0.714. The van der Waals surface area contributed by atoms with Gasteiger partial charge in [-0.25, -0.2) is 9.18 Å². The second-order valence-electron chi connectivity index (χ2n) is 5.89. The van der Waals surface area contributed by atoms with Crippen LogP contribution in [-0.4, -0.2) is 41.4 Å². The number of alkyl carbamates (subject to hydrolysis) is 1. The van der Waals surface area contributed by atoms with E-state index >= 15 is 0 Å². The lowest BCUT2D eigenvalue weighted by Gasteiger charge is -2.19. The number of carbonyl (C=O) groups is 2. The Kier molecular flexibility index (Phi) is 7.94. The highest BCUT2D eigenvalue weighted by atomic mass is 19.1. The Labute approximate surface area is 124 Å². The van der Waals surface area contributed by atoms with Crippen molar-refractivity contribution in [3.8, 4) is 0 Å². The van der Waals surface area contributed by atoms with E-state index in [4.69, 9.17) is 9.84 Å². The zero-order valence-corrected chi connectivity index (χ0v) is 13.2. The number of aliphatic hydroxyl groups excluding tert-OH is 1. The highest BCUT2D eigenvalue weighted by Gasteiger charge is 2.16. The van der Waals surface area contributed by atoms with Gasteiger partial charge >= 0.3 is 6.09 Å². The van der Waals surface area contributed by atoms with Gasteiger partial charge in [0, 0.05) is 12.6 Å². The van der Waals surface area contributed by atoms with Crippen molar-refractivity contribution >= 4 is 12.0 Å².